The highest BCUT2D eigenvalue weighted by Gasteiger charge is 2.32. The van der Waals surface area contributed by atoms with E-state index in [1.165, 1.54) is 12.7 Å². The lowest BCUT2D eigenvalue weighted by Crippen LogP contribution is -2.35. The Kier molecular flexibility index (Phi) is 5.13. The normalized spacial score (nSPS) is 20.1. The number of carbonyl (C=O) groups excluding carboxylic acids is 1. The Morgan fingerprint density at radius 1 is 1.24 bits per heavy atom. The zero-order chi connectivity index (χ0) is 12.9. The number of hydrogen-bond acceptors (Lipinski definition) is 4. The quantitative estimate of drug-likeness (QED) is 0.781. The largest absolute Gasteiger partial charge is 0.330 e. The van der Waals surface area contributed by atoms with E-state index in [9.17, 15) is 13.2 Å². The van der Waals surface area contributed by atoms with Crippen molar-refractivity contribution in [2.24, 2.45) is 11.1 Å². The number of carbonyl (C=O) groups is 1. The van der Waals surface area contributed by atoms with Crippen LogP contribution in [0, 0.1) is 5.41 Å². The molecule has 0 spiro atoms. The molecule has 0 aliphatic heterocycles. The fraction of sp³-hybridized carbons (Fsp3) is 0.917. The molecule has 0 amide bonds. The molecular weight excluding hydrogens is 238 g/mol. The van der Waals surface area contributed by atoms with Crippen molar-refractivity contribution in [2.75, 3.05) is 18.6 Å². The molecule has 0 aromatic carbocycles. The second-order valence-corrected chi connectivity index (χ2v) is 7.62. The summed E-state index contributed by atoms with van der Waals surface area (Å²) in [5.74, 6) is 0.00900. The molecule has 0 heterocycles. The zero-order valence-electron chi connectivity index (χ0n) is 10.6. The fourth-order valence-electron chi connectivity index (χ4n) is 2.56. The van der Waals surface area contributed by atoms with Gasteiger partial charge in [-0.2, -0.15) is 0 Å². The lowest BCUT2D eigenvalue weighted by molar-refractivity contribution is -0.121. The molecule has 4 nitrogen and oxygen atoms in total. The predicted octanol–water partition coefficient (Wildman–Crippen LogP) is 1.29. The smallest absolute Gasteiger partial charge is 0.147 e. The molecule has 0 atom stereocenters. The summed E-state index contributed by atoms with van der Waals surface area (Å²) in [7, 11) is -3.04. The Labute approximate surface area is 104 Å². The molecule has 0 aromatic rings. The van der Waals surface area contributed by atoms with Crippen molar-refractivity contribution in [1.29, 1.82) is 0 Å². The summed E-state index contributed by atoms with van der Waals surface area (Å²) >= 11 is 0. The van der Waals surface area contributed by atoms with Crippen LogP contribution in [-0.4, -0.2) is 32.8 Å². The number of ketones is 1. The highest BCUT2D eigenvalue weighted by molar-refractivity contribution is 7.90. The van der Waals surface area contributed by atoms with Crippen LogP contribution < -0.4 is 5.73 Å². The average Bonchev–Trinajstić information content (AvgIpc) is 2.27. The number of Topliss-reactive ketones (excluding diaryl/α,β-unsaturated/α-hetero) is 1. The van der Waals surface area contributed by atoms with Gasteiger partial charge in [0, 0.05) is 19.1 Å². The third kappa shape index (κ3) is 5.17. The van der Waals surface area contributed by atoms with Gasteiger partial charge in [-0.25, -0.2) is 8.42 Å². The van der Waals surface area contributed by atoms with Crippen LogP contribution in [0.25, 0.3) is 0 Å². The minimum atomic E-state index is -3.04. The molecule has 17 heavy (non-hydrogen) atoms. The Morgan fingerprint density at radius 3 is 2.29 bits per heavy atom. The molecule has 0 saturated heterocycles. The Bertz CT molecular complexity index is 356. The lowest BCUT2D eigenvalue weighted by Gasteiger charge is -2.35. The number of nitrogens with two attached hydrogens (primary N) is 1. The van der Waals surface area contributed by atoms with E-state index in [-0.39, 0.29) is 23.4 Å². The van der Waals surface area contributed by atoms with Gasteiger partial charge in [0.15, 0.2) is 0 Å². The van der Waals surface area contributed by atoms with Crippen LogP contribution in [0.3, 0.4) is 0 Å². The lowest BCUT2D eigenvalue weighted by atomic mass is 9.71. The first-order valence-electron chi connectivity index (χ1n) is 6.26. The monoisotopic (exact) mass is 261 g/mol. The Morgan fingerprint density at radius 2 is 1.82 bits per heavy atom. The van der Waals surface area contributed by atoms with E-state index in [1.807, 2.05) is 0 Å². The molecule has 0 unspecified atom stereocenters. The third-order valence-corrected chi connectivity index (χ3v) is 4.62. The maximum Gasteiger partial charge on any atom is 0.147 e. The molecular formula is C12H23NO3S. The highest BCUT2D eigenvalue weighted by atomic mass is 32.2. The van der Waals surface area contributed by atoms with E-state index in [2.05, 4.69) is 0 Å². The van der Waals surface area contributed by atoms with E-state index in [0.29, 0.717) is 13.0 Å². The van der Waals surface area contributed by atoms with Crippen LogP contribution in [0.15, 0.2) is 0 Å². The molecule has 1 rings (SSSR count). The molecule has 100 valence electrons. The summed E-state index contributed by atoms with van der Waals surface area (Å²) in [6.45, 7) is 0.539. The molecule has 1 aliphatic carbocycles. The van der Waals surface area contributed by atoms with Gasteiger partial charge < -0.3 is 5.73 Å². The van der Waals surface area contributed by atoms with Crippen molar-refractivity contribution in [3.05, 3.63) is 0 Å². The topological polar surface area (TPSA) is 77.2 Å². The molecule has 1 fully saturated rings. The van der Waals surface area contributed by atoms with Gasteiger partial charge in [-0.3, -0.25) is 4.79 Å². The van der Waals surface area contributed by atoms with Crippen LogP contribution in [-0.2, 0) is 14.6 Å². The van der Waals surface area contributed by atoms with Gasteiger partial charge in [-0.05, 0) is 24.8 Å². The molecule has 0 aromatic heterocycles. The van der Waals surface area contributed by atoms with E-state index in [1.54, 1.807) is 0 Å². The summed E-state index contributed by atoms with van der Waals surface area (Å²) in [5.41, 5.74) is 5.75. The number of rotatable bonds is 6. The molecule has 2 N–H and O–H groups in total. The average molecular weight is 261 g/mol. The van der Waals surface area contributed by atoms with Crippen LogP contribution in [0.5, 0.6) is 0 Å². The highest BCUT2D eigenvalue weighted by Crippen LogP contribution is 2.38. The maximum absolute atomic E-state index is 11.8. The number of hydrogen-bond donors (Lipinski definition) is 1. The predicted molar refractivity (Wildman–Crippen MR) is 68.5 cm³/mol. The first-order chi connectivity index (χ1) is 7.87. The summed E-state index contributed by atoms with van der Waals surface area (Å²) in [5, 5.41) is 0. The minimum absolute atomic E-state index is 0.0352. The second kappa shape index (κ2) is 5.96. The summed E-state index contributed by atoms with van der Waals surface area (Å²) in [4.78, 5) is 11.8. The minimum Gasteiger partial charge on any atom is -0.330 e. The molecule has 0 bridgehead atoms. The van der Waals surface area contributed by atoms with Gasteiger partial charge >= 0.3 is 0 Å². The van der Waals surface area contributed by atoms with E-state index >= 15 is 0 Å². The standard InChI is InChI=1S/C12H23NO3S/c1-17(15,16)8-5-11(14)9-12(10-13)6-3-2-4-7-12/h2-10,13H2,1H3. The first-order valence-corrected chi connectivity index (χ1v) is 8.32. The van der Waals surface area contributed by atoms with E-state index in [4.69, 9.17) is 5.73 Å². The van der Waals surface area contributed by atoms with Crippen LogP contribution in [0.4, 0.5) is 0 Å². The SMILES string of the molecule is CS(=O)(=O)CCC(=O)CC1(CN)CCCCC1. The van der Waals surface area contributed by atoms with Gasteiger partial charge in [-0.1, -0.05) is 19.3 Å². The summed E-state index contributed by atoms with van der Waals surface area (Å²) in [6.07, 6.45) is 7.27. The van der Waals surface area contributed by atoms with Crippen LogP contribution in [0.1, 0.15) is 44.9 Å². The molecule has 1 aliphatic rings. The van der Waals surface area contributed by atoms with Crippen molar-refractivity contribution >= 4 is 15.6 Å². The van der Waals surface area contributed by atoms with Gasteiger partial charge in [-0.15, -0.1) is 0 Å². The molecule has 1 saturated carbocycles. The molecule has 5 heteroatoms. The Hall–Kier alpha value is -0.420. The number of sulfone groups is 1. The van der Waals surface area contributed by atoms with Crippen molar-refractivity contribution in [1.82, 2.24) is 0 Å². The van der Waals surface area contributed by atoms with Crippen molar-refractivity contribution < 1.29 is 13.2 Å². The van der Waals surface area contributed by atoms with Crippen molar-refractivity contribution in [3.63, 3.8) is 0 Å². The van der Waals surface area contributed by atoms with Gasteiger partial charge in [0.1, 0.15) is 15.6 Å². The zero-order valence-corrected chi connectivity index (χ0v) is 11.4. The van der Waals surface area contributed by atoms with Gasteiger partial charge in [0.05, 0.1) is 5.75 Å². The van der Waals surface area contributed by atoms with Gasteiger partial charge in [0.2, 0.25) is 0 Å². The fourth-order valence-corrected chi connectivity index (χ4v) is 3.16. The van der Waals surface area contributed by atoms with Crippen LogP contribution >= 0.6 is 0 Å². The van der Waals surface area contributed by atoms with E-state index in [0.717, 1.165) is 25.7 Å². The third-order valence-electron chi connectivity index (χ3n) is 3.67. The summed E-state index contributed by atoms with van der Waals surface area (Å²) < 4.78 is 22.0. The summed E-state index contributed by atoms with van der Waals surface area (Å²) in [6, 6.07) is 0. The van der Waals surface area contributed by atoms with Crippen molar-refractivity contribution in [3.8, 4) is 0 Å². The van der Waals surface area contributed by atoms with Gasteiger partial charge in [0.25, 0.3) is 0 Å². The van der Waals surface area contributed by atoms with E-state index < -0.39 is 9.84 Å². The molecule has 0 radical (unpaired) electrons. The maximum atomic E-state index is 11.8. The second-order valence-electron chi connectivity index (χ2n) is 5.36. The van der Waals surface area contributed by atoms with Crippen molar-refractivity contribution in [2.45, 2.75) is 44.9 Å². The first kappa shape index (κ1) is 14.6. The Balaban J connectivity index is 2.48. The van der Waals surface area contributed by atoms with Crippen LogP contribution in [0.2, 0.25) is 0 Å².